The molecule has 0 aliphatic carbocycles. The third-order valence-electron chi connectivity index (χ3n) is 2.20. The summed E-state index contributed by atoms with van der Waals surface area (Å²) in [5.41, 5.74) is 0. The van der Waals surface area contributed by atoms with Gasteiger partial charge in [0.15, 0.2) is 4.90 Å². The van der Waals surface area contributed by atoms with E-state index in [0.717, 1.165) is 23.1 Å². The van der Waals surface area contributed by atoms with Gasteiger partial charge in [-0.3, -0.25) is 0 Å². The van der Waals surface area contributed by atoms with E-state index in [2.05, 4.69) is 4.72 Å². The van der Waals surface area contributed by atoms with E-state index in [4.69, 9.17) is 0 Å². The lowest BCUT2D eigenvalue weighted by atomic mass is 10.3. The van der Waals surface area contributed by atoms with Gasteiger partial charge in [-0.1, -0.05) is 12.1 Å². The van der Waals surface area contributed by atoms with E-state index < -0.39 is 26.6 Å². The second-order valence-corrected chi connectivity index (χ2v) is 6.19. The molecule has 0 aliphatic rings. The number of hydrogen-bond acceptors (Lipinski definition) is 3. The van der Waals surface area contributed by atoms with Gasteiger partial charge in [-0.2, -0.15) is 0 Å². The Hall–Kier alpha value is -1.31. The molecule has 0 saturated heterocycles. The van der Waals surface area contributed by atoms with Gasteiger partial charge >= 0.3 is 0 Å². The number of halogens is 2. The lowest BCUT2D eigenvalue weighted by molar-refractivity contribution is 0.514. The van der Waals surface area contributed by atoms with Crippen molar-refractivity contribution < 1.29 is 17.2 Å². The first-order chi connectivity index (χ1) is 8.50. The summed E-state index contributed by atoms with van der Waals surface area (Å²) in [6.45, 7) is 0.00771. The van der Waals surface area contributed by atoms with E-state index in [-0.39, 0.29) is 6.54 Å². The molecule has 0 radical (unpaired) electrons. The van der Waals surface area contributed by atoms with Crippen molar-refractivity contribution in [3.63, 3.8) is 0 Å². The quantitative estimate of drug-likeness (QED) is 0.940. The molecular formula is C11H9F2NO2S2. The smallest absolute Gasteiger partial charge is 0.207 e. The van der Waals surface area contributed by atoms with Crippen molar-refractivity contribution >= 4 is 21.4 Å². The summed E-state index contributed by atoms with van der Waals surface area (Å²) in [4.78, 5) is -0.183. The molecule has 0 unspecified atom stereocenters. The molecule has 1 aromatic carbocycles. The van der Waals surface area contributed by atoms with Crippen LogP contribution in [-0.2, 0) is 16.6 Å². The molecule has 2 rings (SSSR count). The van der Waals surface area contributed by atoms with Crippen LogP contribution in [0.25, 0.3) is 0 Å². The summed E-state index contributed by atoms with van der Waals surface area (Å²) in [5, 5.41) is 1.79. The van der Waals surface area contributed by atoms with Crippen LogP contribution in [0.15, 0.2) is 40.6 Å². The molecule has 0 bridgehead atoms. The average molecular weight is 289 g/mol. The van der Waals surface area contributed by atoms with Crippen molar-refractivity contribution in [2.24, 2.45) is 0 Å². The molecular weight excluding hydrogens is 280 g/mol. The number of thiophene rings is 1. The first-order valence-corrected chi connectivity index (χ1v) is 7.33. The first kappa shape index (κ1) is 13.1. The lowest BCUT2D eigenvalue weighted by Gasteiger charge is -2.07. The predicted molar refractivity (Wildman–Crippen MR) is 64.7 cm³/mol. The molecule has 0 fully saturated rings. The largest absolute Gasteiger partial charge is 0.246 e. The maximum Gasteiger partial charge on any atom is 0.246 e. The molecule has 0 amide bonds. The van der Waals surface area contributed by atoms with Gasteiger partial charge in [0.25, 0.3) is 0 Å². The summed E-state index contributed by atoms with van der Waals surface area (Å²) in [6, 6.07) is 6.41. The van der Waals surface area contributed by atoms with Gasteiger partial charge in [0.2, 0.25) is 10.0 Å². The number of nitrogens with one attached hydrogen (secondary N) is 1. The molecule has 1 heterocycles. The molecule has 2 aromatic rings. The average Bonchev–Trinajstić information content (AvgIpc) is 2.78. The number of rotatable bonds is 4. The van der Waals surface area contributed by atoms with Gasteiger partial charge in [0.05, 0.1) is 0 Å². The van der Waals surface area contributed by atoms with Gasteiger partial charge < -0.3 is 0 Å². The van der Waals surface area contributed by atoms with Crippen molar-refractivity contribution in [1.82, 2.24) is 4.72 Å². The summed E-state index contributed by atoms with van der Waals surface area (Å²) in [5.74, 6) is -2.21. The van der Waals surface area contributed by atoms with E-state index in [1.54, 1.807) is 17.5 Å². The highest BCUT2D eigenvalue weighted by Gasteiger charge is 2.23. The Balaban J connectivity index is 2.26. The maximum atomic E-state index is 13.4. The summed E-state index contributed by atoms with van der Waals surface area (Å²) in [7, 11) is -4.19. The molecule has 18 heavy (non-hydrogen) atoms. The highest BCUT2D eigenvalue weighted by atomic mass is 32.2. The molecule has 96 valence electrons. The summed E-state index contributed by atoms with van der Waals surface area (Å²) < 4.78 is 52.4. The van der Waals surface area contributed by atoms with Gasteiger partial charge in [0.1, 0.15) is 11.6 Å². The highest BCUT2D eigenvalue weighted by Crippen LogP contribution is 2.18. The Morgan fingerprint density at radius 2 is 1.78 bits per heavy atom. The number of hydrogen-bond donors (Lipinski definition) is 1. The molecule has 0 aliphatic heterocycles. The van der Waals surface area contributed by atoms with Gasteiger partial charge in [0, 0.05) is 11.4 Å². The van der Waals surface area contributed by atoms with Crippen LogP contribution >= 0.6 is 11.3 Å². The van der Waals surface area contributed by atoms with Crippen LogP contribution in [0.4, 0.5) is 8.78 Å². The van der Waals surface area contributed by atoms with E-state index in [1.165, 1.54) is 11.3 Å². The molecule has 3 nitrogen and oxygen atoms in total. The Kier molecular flexibility index (Phi) is 3.74. The minimum Gasteiger partial charge on any atom is -0.207 e. The highest BCUT2D eigenvalue weighted by molar-refractivity contribution is 7.89. The predicted octanol–water partition coefficient (Wildman–Crippen LogP) is 2.50. The Labute approximate surface area is 107 Å². The van der Waals surface area contributed by atoms with Crippen LogP contribution < -0.4 is 4.72 Å². The van der Waals surface area contributed by atoms with E-state index in [9.17, 15) is 17.2 Å². The number of benzene rings is 1. The van der Waals surface area contributed by atoms with E-state index >= 15 is 0 Å². The molecule has 1 N–H and O–H groups in total. The van der Waals surface area contributed by atoms with Gasteiger partial charge in [-0.05, 0) is 23.6 Å². The normalized spacial score (nSPS) is 11.7. The molecule has 7 heteroatoms. The minimum absolute atomic E-state index is 0.00771. The third kappa shape index (κ3) is 2.74. The summed E-state index contributed by atoms with van der Waals surface area (Å²) >= 11 is 1.35. The van der Waals surface area contributed by atoms with Gasteiger partial charge in [-0.15, -0.1) is 11.3 Å². The Morgan fingerprint density at radius 1 is 1.11 bits per heavy atom. The second-order valence-electron chi connectivity index (χ2n) is 3.45. The Bertz CT molecular complexity index is 619. The van der Waals surface area contributed by atoms with Crippen molar-refractivity contribution in [1.29, 1.82) is 0 Å². The van der Waals surface area contributed by atoms with Crippen LogP contribution in [0.5, 0.6) is 0 Å². The zero-order valence-electron chi connectivity index (χ0n) is 9.06. The molecule has 0 spiro atoms. The van der Waals surface area contributed by atoms with Crippen molar-refractivity contribution in [3.8, 4) is 0 Å². The van der Waals surface area contributed by atoms with E-state index in [0.29, 0.717) is 0 Å². The Morgan fingerprint density at radius 3 is 2.33 bits per heavy atom. The fourth-order valence-electron chi connectivity index (χ4n) is 1.39. The first-order valence-electron chi connectivity index (χ1n) is 4.97. The van der Waals surface area contributed by atoms with Crippen molar-refractivity contribution in [2.75, 3.05) is 0 Å². The second kappa shape index (κ2) is 5.13. The topological polar surface area (TPSA) is 46.2 Å². The standard InChI is InChI=1S/C11H9F2NO2S2/c12-9-4-1-5-10(13)11(9)18(15,16)14-7-8-3-2-6-17-8/h1-6,14H,7H2. The van der Waals surface area contributed by atoms with E-state index in [1.807, 2.05) is 0 Å². The van der Waals surface area contributed by atoms with Crippen LogP contribution in [0.3, 0.4) is 0 Å². The van der Waals surface area contributed by atoms with Crippen LogP contribution in [0.2, 0.25) is 0 Å². The van der Waals surface area contributed by atoms with Crippen molar-refractivity contribution in [2.45, 2.75) is 11.4 Å². The zero-order chi connectivity index (χ0) is 13.2. The van der Waals surface area contributed by atoms with Crippen molar-refractivity contribution in [3.05, 3.63) is 52.2 Å². The number of sulfonamides is 1. The molecule has 0 atom stereocenters. The maximum absolute atomic E-state index is 13.4. The minimum atomic E-state index is -4.19. The lowest BCUT2D eigenvalue weighted by Crippen LogP contribution is -2.24. The van der Waals surface area contributed by atoms with Gasteiger partial charge in [-0.25, -0.2) is 21.9 Å². The third-order valence-corrected chi connectivity index (χ3v) is 4.53. The van der Waals surface area contributed by atoms with Crippen LogP contribution in [0.1, 0.15) is 4.88 Å². The fraction of sp³-hybridized carbons (Fsp3) is 0.0909. The summed E-state index contributed by atoms with van der Waals surface area (Å²) in [6.07, 6.45) is 0. The fourth-order valence-corrected chi connectivity index (χ4v) is 3.27. The zero-order valence-corrected chi connectivity index (χ0v) is 10.7. The van der Waals surface area contributed by atoms with Crippen LogP contribution in [-0.4, -0.2) is 8.42 Å². The van der Waals surface area contributed by atoms with Crippen LogP contribution in [0, 0.1) is 11.6 Å². The molecule has 1 aromatic heterocycles. The SMILES string of the molecule is O=S(=O)(NCc1cccs1)c1c(F)cccc1F. The monoisotopic (exact) mass is 289 g/mol. The molecule has 0 saturated carbocycles.